The smallest absolute Gasteiger partial charge is 0.254 e. The highest BCUT2D eigenvalue weighted by Gasteiger charge is 2.37. The quantitative estimate of drug-likeness (QED) is 0.803. The Kier molecular flexibility index (Phi) is 5.11. The average Bonchev–Trinajstić information content (AvgIpc) is 3.36. The third-order valence-corrected chi connectivity index (χ3v) is 5.60. The van der Waals surface area contributed by atoms with Gasteiger partial charge in [0.05, 0.1) is 13.2 Å². The van der Waals surface area contributed by atoms with Crippen molar-refractivity contribution in [2.45, 2.75) is 31.7 Å². The Hall–Kier alpha value is -2.41. The number of hydrogen-bond acceptors (Lipinski definition) is 4. The number of benzene rings is 1. The normalized spacial score (nSPS) is 23.2. The van der Waals surface area contributed by atoms with Gasteiger partial charge in [-0.15, -0.1) is 0 Å². The van der Waals surface area contributed by atoms with Gasteiger partial charge in [-0.25, -0.2) is 0 Å². The van der Waals surface area contributed by atoms with Crippen LogP contribution in [0, 0.1) is 0 Å². The number of morpholine rings is 1. The van der Waals surface area contributed by atoms with Crippen molar-refractivity contribution in [1.29, 1.82) is 0 Å². The number of amides is 3. The minimum atomic E-state index is -0.396. The van der Waals surface area contributed by atoms with Crippen LogP contribution in [-0.4, -0.2) is 73.0 Å². The number of carbonyl (C=O) groups excluding carboxylic acids is 3. The van der Waals surface area contributed by atoms with Gasteiger partial charge in [-0.2, -0.15) is 0 Å². The molecule has 1 aromatic rings. The minimum absolute atomic E-state index is 0.0232. The lowest BCUT2D eigenvalue weighted by Crippen LogP contribution is -2.51. The summed E-state index contributed by atoms with van der Waals surface area (Å²) in [5.74, 6) is -0.0104. The van der Waals surface area contributed by atoms with Crippen LogP contribution >= 0.6 is 0 Å². The molecule has 7 nitrogen and oxygen atoms in total. The first-order valence-corrected chi connectivity index (χ1v) is 9.73. The molecular formula is C20H25N3O4. The first kappa shape index (κ1) is 18.0. The van der Waals surface area contributed by atoms with Gasteiger partial charge in [-0.05, 0) is 37.5 Å². The van der Waals surface area contributed by atoms with Crippen molar-refractivity contribution >= 4 is 23.4 Å². The largest absolute Gasteiger partial charge is 0.378 e. The molecule has 3 aliphatic heterocycles. The van der Waals surface area contributed by atoms with Crippen molar-refractivity contribution in [1.82, 2.24) is 9.80 Å². The summed E-state index contributed by atoms with van der Waals surface area (Å²) in [6.07, 6.45) is 2.93. The van der Waals surface area contributed by atoms with Crippen LogP contribution in [0.15, 0.2) is 24.3 Å². The molecule has 0 aromatic heterocycles. The molecule has 3 aliphatic rings. The van der Waals surface area contributed by atoms with E-state index in [2.05, 4.69) is 0 Å². The molecule has 1 aromatic carbocycles. The summed E-state index contributed by atoms with van der Waals surface area (Å²) < 4.78 is 5.32. The third kappa shape index (κ3) is 3.56. The minimum Gasteiger partial charge on any atom is -0.378 e. The molecule has 1 atom stereocenters. The molecule has 0 bridgehead atoms. The lowest BCUT2D eigenvalue weighted by atomic mass is 10.1. The third-order valence-electron chi connectivity index (χ3n) is 5.60. The van der Waals surface area contributed by atoms with E-state index < -0.39 is 6.04 Å². The van der Waals surface area contributed by atoms with Gasteiger partial charge in [0.25, 0.3) is 5.91 Å². The molecule has 27 heavy (non-hydrogen) atoms. The van der Waals surface area contributed by atoms with Gasteiger partial charge in [0, 0.05) is 43.9 Å². The van der Waals surface area contributed by atoms with E-state index in [1.54, 1.807) is 26.8 Å². The molecule has 0 aliphatic carbocycles. The van der Waals surface area contributed by atoms with Crippen LogP contribution in [0.1, 0.15) is 36.0 Å². The number of nitrogens with zero attached hydrogens (tertiary/aromatic N) is 3. The second-order valence-corrected chi connectivity index (χ2v) is 7.29. The summed E-state index contributed by atoms with van der Waals surface area (Å²) in [5, 5.41) is 0. The Bertz CT molecular complexity index is 744. The first-order valence-electron chi connectivity index (χ1n) is 9.73. The maximum atomic E-state index is 13.1. The summed E-state index contributed by atoms with van der Waals surface area (Å²) in [5.41, 5.74) is 1.30. The average molecular weight is 371 g/mol. The molecule has 0 N–H and O–H groups in total. The lowest BCUT2D eigenvalue weighted by molar-refractivity contribution is -0.139. The molecule has 3 fully saturated rings. The molecule has 3 saturated heterocycles. The van der Waals surface area contributed by atoms with E-state index in [1.807, 2.05) is 12.1 Å². The van der Waals surface area contributed by atoms with Crippen molar-refractivity contribution in [3.8, 4) is 0 Å². The fourth-order valence-electron chi connectivity index (χ4n) is 4.15. The Labute approximate surface area is 158 Å². The summed E-state index contributed by atoms with van der Waals surface area (Å²) >= 11 is 0. The topological polar surface area (TPSA) is 70.2 Å². The number of rotatable bonds is 3. The number of carbonyl (C=O) groups is 3. The summed E-state index contributed by atoms with van der Waals surface area (Å²) in [7, 11) is 0. The Balaban J connectivity index is 1.51. The van der Waals surface area contributed by atoms with E-state index in [4.69, 9.17) is 4.74 Å². The predicted molar refractivity (Wildman–Crippen MR) is 99.5 cm³/mol. The summed E-state index contributed by atoms with van der Waals surface area (Å²) in [4.78, 5) is 43.2. The van der Waals surface area contributed by atoms with Crippen molar-refractivity contribution in [3.05, 3.63) is 29.8 Å². The Morgan fingerprint density at radius 3 is 2.59 bits per heavy atom. The zero-order chi connectivity index (χ0) is 18.8. The van der Waals surface area contributed by atoms with Crippen LogP contribution in [0.3, 0.4) is 0 Å². The zero-order valence-corrected chi connectivity index (χ0v) is 15.4. The maximum Gasteiger partial charge on any atom is 0.254 e. The van der Waals surface area contributed by atoms with Crippen molar-refractivity contribution in [3.63, 3.8) is 0 Å². The molecule has 0 saturated carbocycles. The van der Waals surface area contributed by atoms with E-state index in [9.17, 15) is 14.4 Å². The number of hydrogen-bond donors (Lipinski definition) is 0. The molecular weight excluding hydrogens is 346 g/mol. The molecule has 0 spiro atoms. The van der Waals surface area contributed by atoms with E-state index in [0.717, 1.165) is 18.5 Å². The molecule has 0 unspecified atom stereocenters. The van der Waals surface area contributed by atoms with Crippen LogP contribution in [0.4, 0.5) is 5.69 Å². The molecule has 3 heterocycles. The van der Waals surface area contributed by atoms with Crippen LogP contribution in [0.2, 0.25) is 0 Å². The maximum absolute atomic E-state index is 13.1. The van der Waals surface area contributed by atoms with Crippen molar-refractivity contribution in [2.24, 2.45) is 0 Å². The number of anilines is 1. The monoisotopic (exact) mass is 371 g/mol. The fraction of sp³-hybridized carbons (Fsp3) is 0.550. The number of ether oxygens (including phenoxy) is 1. The molecule has 7 heteroatoms. The van der Waals surface area contributed by atoms with Crippen LogP contribution in [0.25, 0.3) is 0 Å². The van der Waals surface area contributed by atoms with E-state index in [1.165, 1.54) is 0 Å². The van der Waals surface area contributed by atoms with Gasteiger partial charge < -0.3 is 19.4 Å². The highest BCUT2D eigenvalue weighted by molar-refractivity contribution is 6.00. The summed E-state index contributed by atoms with van der Waals surface area (Å²) in [6, 6.07) is 6.82. The lowest BCUT2D eigenvalue weighted by Gasteiger charge is -2.32. The van der Waals surface area contributed by atoms with Gasteiger partial charge in [0.2, 0.25) is 11.8 Å². The molecule has 4 rings (SSSR count). The standard InChI is InChI=1S/C20H25N3O4/c24-18-7-3-8-22(18)16-5-1-4-15(14-16)19(25)23-9-2-6-17(23)20(26)21-10-12-27-13-11-21/h1,4-5,14,17H,2-3,6-13H2/t17-/m1/s1. The Morgan fingerprint density at radius 2 is 1.85 bits per heavy atom. The van der Waals surface area contributed by atoms with Gasteiger partial charge in [-0.1, -0.05) is 6.07 Å². The number of likely N-dealkylation sites (tertiary alicyclic amines) is 1. The second kappa shape index (κ2) is 7.68. The van der Waals surface area contributed by atoms with Gasteiger partial charge >= 0.3 is 0 Å². The Morgan fingerprint density at radius 1 is 1.04 bits per heavy atom. The highest BCUT2D eigenvalue weighted by Crippen LogP contribution is 2.26. The SMILES string of the molecule is O=C([C@H]1CCCN1C(=O)c1cccc(N2CCCC2=O)c1)N1CCOCC1. The summed E-state index contributed by atoms with van der Waals surface area (Å²) in [6.45, 7) is 3.56. The van der Waals surface area contributed by atoms with Crippen LogP contribution < -0.4 is 4.90 Å². The van der Waals surface area contributed by atoms with Crippen molar-refractivity contribution < 1.29 is 19.1 Å². The van der Waals surface area contributed by atoms with E-state index in [-0.39, 0.29) is 17.7 Å². The van der Waals surface area contributed by atoms with Gasteiger partial charge in [0.15, 0.2) is 0 Å². The van der Waals surface area contributed by atoms with Crippen LogP contribution in [-0.2, 0) is 14.3 Å². The van der Waals surface area contributed by atoms with Gasteiger partial charge in [-0.3, -0.25) is 14.4 Å². The highest BCUT2D eigenvalue weighted by atomic mass is 16.5. The van der Waals surface area contributed by atoms with Crippen LogP contribution in [0.5, 0.6) is 0 Å². The molecule has 3 amide bonds. The predicted octanol–water partition coefficient (Wildman–Crippen LogP) is 1.28. The van der Waals surface area contributed by atoms with Gasteiger partial charge in [0.1, 0.15) is 6.04 Å². The molecule has 0 radical (unpaired) electrons. The van der Waals surface area contributed by atoms with E-state index in [0.29, 0.717) is 57.8 Å². The first-order chi connectivity index (χ1) is 13.1. The van der Waals surface area contributed by atoms with Crippen molar-refractivity contribution in [2.75, 3.05) is 44.3 Å². The molecule has 144 valence electrons. The fourth-order valence-corrected chi connectivity index (χ4v) is 4.15. The zero-order valence-electron chi connectivity index (χ0n) is 15.4. The second-order valence-electron chi connectivity index (χ2n) is 7.29. The van der Waals surface area contributed by atoms with E-state index >= 15 is 0 Å².